The number of rotatable bonds is 5. The van der Waals surface area contributed by atoms with Crippen LogP contribution in [0, 0.1) is 5.92 Å². The molecule has 1 aromatic carbocycles. The average Bonchev–Trinajstić information content (AvgIpc) is 2.40. The normalized spacial score (nSPS) is 19.5. The Hall–Kier alpha value is -1.69. The first-order chi connectivity index (χ1) is 10.0. The number of nitrogens with zero attached hydrogens (tertiary/aromatic N) is 1. The fourth-order valence-electron chi connectivity index (χ4n) is 2.59. The first kappa shape index (κ1) is 15.7. The fourth-order valence-corrected chi connectivity index (χ4v) is 2.59. The number of hydrogen-bond donors (Lipinski definition) is 1. The number of halogens is 2. The molecule has 21 heavy (non-hydrogen) atoms. The number of amides is 1. The first-order valence-electron chi connectivity index (χ1n) is 7.10. The number of ether oxygens (including phenoxy) is 1. The van der Waals surface area contributed by atoms with Gasteiger partial charge < -0.3 is 10.1 Å². The summed E-state index contributed by atoms with van der Waals surface area (Å²) in [6.07, 6.45) is 2.27. The van der Waals surface area contributed by atoms with E-state index in [4.69, 9.17) is 0 Å². The Morgan fingerprint density at radius 3 is 2.95 bits per heavy atom. The number of carbonyl (C=O) groups excluding carboxylic acids is 1. The minimum absolute atomic E-state index is 0.0205. The van der Waals surface area contributed by atoms with Crippen LogP contribution in [0.25, 0.3) is 0 Å². The number of likely N-dealkylation sites (tertiary alicyclic amines) is 1. The molecule has 0 spiro atoms. The zero-order valence-electron chi connectivity index (χ0n) is 12.0. The molecule has 1 saturated heterocycles. The molecule has 1 aliphatic heterocycles. The summed E-state index contributed by atoms with van der Waals surface area (Å²) >= 11 is 0. The van der Waals surface area contributed by atoms with Crippen molar-refractivity contribution in [1.29, 1.82) is 0 Å². The predicted octanol–water partition coefficient (Wildman–Crippen LogP) is 2.96. The predicted molar refractivity (Wildman–Crippen MR) is 76.5 cm³/mol. The highest BCUT2D eigenvalue weighted by Crippen LogP contribution is 2.25. The number of para-hydroxylation sites is 2. The van der Waals surface area contributed by atoms with Gasteiger partial charge in [-0.05, 0) is 37.4 Å². The maximum absolute atomic E-state index is 12.3. The highest BCUT2D eigenvalue weighted by molar-refractivity contribution is 5.93. The molecular formula is C15H20F2N2O2. The molecule has 0 aromatic heterocycles. The number of nitrogens with one attached hydrogen (secondary N) is 1. The first-order valence-corrected chi connectivity index (χ1v) is 7.10. The van der Waals surface area contributed by atoms with E-state index in [-0.39, 0.29) is 23.9 Å². The zero-order valence-corrected chi connectivity index (χ0v) is 12.0. The maximum Gasteiger partial charge on any atom is 0.387 e. The van der Waals surface area contributed by atoms with Crippen LogP contribution in [0.1, 0.15) is 19.8 Å². The molecule has 1 heterocycles. The standard InChI is InChI=1S/C15H20F2N2O2/c1-11-5-4-8-19(9-11)10-14(20)18-12-6-2-3-7-13(12)21-15(16)17/h2-3,6-7,11,15H,4-5,8-10H2,1H3,(H,18,20). The summed E-state index contributed by atoms with van der Waals surface area (Å²) < 4.78 is 29.0. The number of carbonyl (C=O) groups is 1. The number of benzene rings is 1. The summed E-state index contributed by atoms with van der Waals surface area (Å²) in [5, 5.41) is 2.64. The molecule has 1 atom stereocenters. The van der Waals surface area contributed by atoms with E-state index in [1.54, 1.807) is 18.2 Å². The molecule has 1 aromatic rings. The van der Waals surface area contributed by atoms with Crippen LogP contribution < -0.4 is 10.1 Å². The van der Waals surface area contributed by atoms with Gasteiger partial charge in [0.25, 0.3) is 0 Å². The largest absolute Gasteiger partial charge is 0.433 e. The molecule has 6 heteroatoms. The third-order valence-electron chi connectivity index (χ3n) is 3.49. The molecule has 0 bridgehead atoms. The molecule has 2 rings (SSSR count). The van der Waals surface area contributed by atoms with Gasteiger partial charge in [-0.15, -0.1) is 0 Å². The summed E-state index contributed by atoms with van der Waals surface area (Å²) in [4.78, 5) is 14.1. The van der Waals surface area contributed by atoms with Crippen molar-refractivity contribution >= 4 is 11.6 Å². The van der Waals surface area contributed by atoms with Crippen LogP contribution in [-0.2, 0) is 4.79 Å². The van der Waals surface area contributed by atoms with Crippen molar-refractivity contribution in [2.75, 3.05) is 25.0 Å². The Balaban J connectivity index is 1.93. The van der Waals surface area contributed by atoms with E-state index in [9.17, 15) is 13.6 Å². The quantitative estimate of drug-likeness (QED) is 0.908. The summed E-state index contributed by atoms with van der Waals surface area (Å²) in [7, 11) is 0. The summed E-state index contributed by atoms with van der Waals surface area (Å²) in [5.41, 5.74) is 0.271. The van der Waals surface area contributed by atoms with Gasteiger partial charge in [0.05, 0.1) is 12.2 Å². The molecule has 116 valence electrons. The number of piperidine rings is 1. The van der Waals surface area contributed by atoms with E-state index >= 15 is 0 Å². The summed E-state index contributed by atoms with van der Waals surface area (Å²) in [6.45, 7) is 1.31. The van der Waals surface area contributed by atoms with E-state index in [1.165, 1.54) is 12.5 Å². The van der Waals surface area contributed by atoms with Gasteiger partial charge in [0, 0.05) is 6.54 Å². The second kappa shape index (κ2) is 7.36. The molecule has 0 aliphatic carbocycles. The van der Waals surface area contributed by atoms with Gasteiger partial charge in [0.2, 0.25) is 5.91 Å². The van der Waals surface area contributed by atoms with Crippen molar-refractivity contribution in [3.05, 3.63) is 24.3 Å². The fraction of sp³-hybridized carbons (Fsp3) is 0.533. The number of hydrogen-bond acceptors (Lipinski definition) is 3. The highest BCUT2D eigenvalue weighted by atomic mass is 19.3. The Kier molecular flexibility index (Phi) is 5.50. The van der Waals surface area contributed by atoms with E-state index in [1.807, 2.05) is 0 Å². The molecule has 1 aliphatic rings. The lowest BCUT2D eigenvalue weighted by molar-refractivity contribution is -0.117. The molecule has 0 radical (unpaired) electrons. The van der Waals surface area contributed by atoms with Crippen molar-refractivity contribution < 1.29 is 18.3 Å². The monoisotopic (exact) mass is 298 g/mol. The smallest absolute Gasteiger partial charge is 0.387 e. The number of alkyl halides is 2. The minimum atomic E-state index is -2.91. The topological polar surface area (TPSA) is 41.6 Å². The van der Waals surface area contributed by atoms with Crippen LogP contribution in [-0.4, -0.2) is 37.1 Å². The van der Waals surface area contributed by atoms with E-state index in [2.05, 4.69) is 21.9 Å². The summed E-state index contributed by atoms with van der Waals surface area (Å²) in [6, 6.07) is 6.20. The van der Waals surface area contributed by atoms with Gasteiger partial charge >= 0.3 is 6.61 Å². The minimum Gasteiger partial charge on any atom is -0.433 e. The van der Waals surface area contributed by atoms with Crippen molar-refractivity contribution in [3.8, 4) is 5.75 Å². The molecular weight excluding hydrogens is 278 g/mol. The van der Waals surface area contributed by atoms with Gasteiger partial charge in [0.15, 0.2) is 0 Å². The van der Waals surface area contributed by atoms with Gasteiger partial charge in [-0.3, -0.25) is 9.69 Å². The zero-order chi connectivity index (χ0) is 15.2. The van der Waals surface area contributed by atoms with E-state index < -0.39 is 6.61 Å². The Morgan fingerprint density at radius 2 is 2.24 bits per heavy atom. The van der Waals surface area contributed by atoms with Crippen LogP contribution >= 0.6 is 0 Å². The average molecular weight is 298 g/mol. The van der Waals surface area contributed by atoms with Crippen molar-refractivity contribution in [2.24, 2.45) is 5.92 Å². The van der Waals surface area contributed by atoms with Gasteiger partial charge in [-0.1, -0.05) is 19.1 Å². The lowest BCUT2D eigenvalue weighted by Gasteiger charge is -2.30. The molecule has 1 N–H and O–H groups in total. The van der Waals surface area contributed by atoms with Gasteiger partial charge in [-0.2, -0.15) is 8.78 Å². The van der Waals surface area contributed by atoms with Gasteiger partial charge in [0.1, 0.15) is 5.75 Å². The molecule has 1 unspecified atom stereocenters. The Labute approximate surface area is 123 Å². The van der Waals surface area contributed by atoms with Crippen LogP contribution in [0.3, 0.4) is 0 Å². The van der Waals surface area contributed by atoms with Crippen molar-refractivity contribution in [3.63, 3.8) is 0 Å². The Morgan fingerprint density at radius 1 is 1.48 bits per heavy atom. The SMILES string of the molecule is CC1CCCN(CC(=O)Nc2ccccc2OC(F)F)C1. The highest BCUT2D eigenvalue weighted by Gasteiger charge is 2.19. The maximum atomic E-state index is 12.3. The molecule has 0 saturated carbocycles. The van der Waals surface area contributed by atoms with Crippen molar-refractivity contribution in [1.82, 2.24) is 4.90 Å². The Bertz CT molecular complexity index is 482. The third-order valence-corrected chi connectivity index (χ3v) is 3.49. The second-order valence-electron chi connectivity index (χ2n) is 5.41. The van der Waals surface area contributed by atoms with Crippen molar-refractivity contribution in [2.45, 2.75) is 26.4 Å². The van der Waals surface area contributed by atoms with Crippen LogP contribution in [0.5, 0.6) is 5.75 Å². The summed E-state index contributed by atoms with van der Waals surface area (Å²) in [5.74, 6) is 0.350. The van der Waals surface area contributed by atoms with Crippen LogP contribution in [0.15, 0.2) is 24.3 Å². The third kappa shape index (κ3) is 4.97. The van der Waals surface area contributed by atoms with Crippen LogP contribution in [0.4, 0.5) is 14.5 Å². The lowest BCUT2D eigenvalue weighted by Crippen LogP contribution is -2.39. The lowest BCUT2D eigenvalue weighted by atomic mass is 10.0. The van der Waals surface area contributed by atoms with E-state index in [0.717, 1.165) is 19.5 Å². The van der Waals surface area contributed by atoms with E-state index in [0.29, 0.717) is 5.92 Å². The molecule has 4 nitrogen and oxygen atoms in total. The second-order valence-corrected chi connectivity index (χ2v) is 5.41. The molecule has 1 amide bonds. The van der Waals surface area contributed by atoms with Crippen LogP contribution in [0.2, 0.25) is 0 Å². The number of anilines is 1. The molecule has 1 fully saturated rings. The van der Waals surface area contributed by atoms with Gasteiger partial charge in [-0.25, -0.2) is 0 Å².